The van der Waals surface area contributed by atoms with Gasteiger partial charge in [0.15, 0.2) is 15.6 Å². The molecule has 0 atom stereocenters. The first-order valence-electron chi connectivity index (χ1n) is 4.84. The molecule has 3 nitrogen and oxygen atoms in total. The molecule has 5 heteroatoms. The first-order valence-corrected chi connectivity index (χ1v) is 6.49. The maximum atomic E-state index is 12.8. The summed E-state index contributed by atoms with van der Waals surface area (Å²) >= 11 is 0. The summed E-state index contributed by atoms with van der Waals surface area (Å²) < 4.78 is 36.3. The molecule has 0 amide bonds. The predicted molar refractivity (Wildman–Crippen MR) is 58.3 cm³/mol. The minimum absolute atomic E-state index is 0.151. The maximum Gasteiger partial charge on any atom is 0.185 e. The van der Waals surface area contributed by atoms with Crippen LogP contribution in [0.2, 0.25) is 0 Å². The summed E-state index contributed by atoms with van der Waals surface area (Å²) in [6.07, 6.45) is 0. The number of ketones is 1. The molecule has 16 heavy (non-hydrogen) atoms. The molecule has 0 saturated heterocycles. The average Bonchev–Trinajstić information content (AvgIpc) is 2.17. The van der Waals surface area contributed by atoms with E-state index < -0.39 is 21.4 Å². The summed E-state index contributed by atoms with van der Waals surface area (Å²) in [6.45, 7) is 3.26. The Labute approximate surface area is 94.2 Å². The number of carbonyl (C=O) groups excluding carboxylic acids is 1. The smallest absolute Gasteiger partial charge is 0.185 e. The van der Waals surface area contributed by atoms with E-state index in [-0.39, 0.29) is 16.6 Å². The third-order valence-electron chi connectivity index (χ3n) is 2.13. The number of Topliss-reactive ketones (excluding diaryl/α,β-unsaturated/α-hetero) is 1. The van der Waals surface area contributed by atoms with Crippen LogP contribution in [0.3, 0.4) is 0 Å². The zero-order chi connectivity index (χ0) is 12.3. The molecular formula is C11H13FO3S. The normalized spacial score (nSPS) is 11.8. The highest BCUT2D eigenvalue weighted by molar-refractivity contribution is 7.92. The topological polar surface area (TPSA) is 51.2 Å². The third-order valence-corrected chi connectivity index (χ3v) is 3.77. The quantitative estimate of drug-likeness (QED) is 0.811. The molecule has 1 aromatic carbocycles. The van der Waals surface area contributed by atoms with Gasteiger partial charge in [-0.15, -0.1) is 0 Å². The lowest BCUT2D eigenvalue weighted by atomic mass is 10.1. The van der Waals surface area contributed by atoms with Crippen LogP contribution >= 0.6 is 0 Å². The van der Waals surface area contributed by atoms with Gasteiger partial charge in [-0.1, -0.05) is 19.9 Å². The maximum absolute atomic E-state index is 12.8. The van der Waals surface area contributed by atoms with Crippen LogP contribution < -0.4 is 0 Å². The van der Waals surface area contributed by atoms with Gasteiger partial charge in [-0.3, -0.25) is 4.79 Å². The van der Waals surface area contributed by atoms with Crippen molar-refractivity contribution in [1.82, 2.24) is 0 Å². The highest BCUT2D eigenvalue weighted by Gasteiger charge is 2.21. The number of hydrogen-bond acceptors (Lipinski definition) is 3. The van der Waals surface area contributed by atoms with Gasteiger partial charge in [0.05, 0.1) is 4.90 Å². The Hall–Kier alpha value is -1.23. The Morgan fingerprint density at radius 2 is 2.00 bits per heavy atom. The summed E-state index contributed by atoms with van der Waals surface area (Å²) in [5.41, 5.74) is 0. The number of carbonyl (C=O) groups is 1. The van der Waals surface area contributed by atoms with Crippen LogP contribution in [-0.2, 0) is 14.6 Å². The summed E-state index contributed by atoms with van der Waals surface area (Å²) in [5, 5.41) is 0. The molecule has 0 radical (unpaired) electrons. The van der Waals surface area contributed by atoms with Crippen LogP contribution in [-0.4, -0.2) is 20.0 Å². The van der Waals surface area contributed by atoms with Gasteiger partial charge in [0.1, 0.15) is 11.6 Å². The fraction of sp³-hybridized carbons (Fsp3) is 0.364. The molecule has 1 rings (SSSR count). The van der Waals surface area contributed by atoms with Crippen molar-refractivity contribution in [3.05, 3.63) is 30.1 Å². The SMILES string of the molecule is CC(C)C(=O)CS(=O)(=O)c1cccc(F)c1. The molecule has 0 aliphatic rings. The van der Waals surface area contributed by atoms with E-state index >= 15 is 0 Å². The highest BCUT2D eigenvalue weighted by atomic mass is 32.2. The average molecular weight is 244 g/mol. The molecule has 0 spiro atoms. The van der Waals surface area contributed by atoms with Gasteiger partial charge in [0.25, 0.3) is 0 Å². The fourth-order valence-electron chi connectivity index (χ4n) is 1.10. The predicted octanol–water partition coefficient (Wildman–Crippen LogP) is 1.82. The highest BCUT2D eigenvalue weighted by Crippen LogP contribution is 2.13. The zero-order valence-electron chi connectivity index (χ0n) is 9.10. The molecule has 0 aliphatic carbocycles. The number of benzene rings is 1. The van der Waals surface area contributed by atoms with Crippen molar-refractivity contribution >= 4 is 15.6 Å². The van der Waals surface area contributed by atoms with Gasteiger partial charge >= 0.3 is 0 Å². The van der Waals surface area contributed by atoms with E-state index in [9.17, 15) is 17.6 Å². The van der Waals surface area contributed by atoms with Gasteiger partial charge in [-0.05, 0) is 18.2 Å². The molecule has 0 aromatic heterocycles. The summed E-state index contributed by atoms with van der Waals surface area (Å²) in [7, 11) is -3.72. The Morgan fingerprint density at radius 3 is 2.50 bits per heavy atom. The second-order valence-electron chi connectivity index (χ2n) is 3.84. The van der Waals surface area contributed by atoms with E-state index in [0.717, 1.165) is 12.1 Å². The minimum atomic E-state index is -3.72. The molecule has 0 heterocycles. The molecule has 0 saturated carbocycles. The van der Waals surface area contributed by atoms with E-state index in [2.05, 4.69) is 0 Å². The summed E-state index contributed by atoms with van der Waals surface area (Å²) in [6, 6.07) is 4.67. The van der Waals surface area contributed by atoms with Crippen molar-refractivity contribution in [1.29, 1.82) is 0 Å². The van der Waals surface area contributed by atoms with Crippen molar-refractivity contribution < 1.29 is 17.6 Å². The lowest BCUT2D eigenvalue weighted by Crippen LogP contribution is -2.20. The van der Waals surface area contributed by atoms with Crippen molar-refractivity contribution in [2.24, 2.45) is 5.92 Å². The largest absolute Gasteiger partial charge is 0.298 e. The van der Waals surface area contributed by atoms with Crippen molar-refractivity contribution in [2.45, 2.75) is 18.7 Å². The number of halogens is 1. The van der Waals surface area contributed by atoms with Crippen LogP contribution in [0.4, 0.5) is 4.39 Å². The van der Waals surface area contributed by atoms with E-state index in [1.165, 1.54) is 12.1 Å². The van der Waals surface area contributed by atoms with Gasteiger partial charge in [0.2, 0.25) is 0 Å². The van der Waals surface area contributed by atoms with E-state index in [0.29, 0.717) is 0 Å². The van der Waals surface area contributed by atoms with Crippen molar-refractivity contribution in [2.75, 3.05) is 5.75 Å². The second kappa shape index (κ2) is 4.74. The van der Waals surface area contributed by atoms with Crippen LogP contribution in [0.5, 0.6) is 0 Å². The molecule has 1 aromatic rings. The lowest BCUT2D eigenvalue weighted by Gasteiger charge is -2.05. The molecular weight excluding hydrogens is 231 g/mol. The molecule has 0 N–H and O–H groups in total. The second-order valence-corrected chi connectivity index (χ2v) is 5.83. The third kappa shape index (κ3) is 3.13. The van der Waals surface area contributed by atoms with E-state index in [1.807, 2.05) is 0 Å². The Kier molecular flexibility index (Phi) is 3.80. The minimum Gasteiger partial charge on any atom is -0.298 e. The Morgan fingerprint density at radius 1 is 1.38 bits per heavy atom. The number of hydrogen-bond donors (Lipinski definition) is 0. The molecule has 0 bridgehead atoms. The number of rotatable bonds is 4. The first-order chi connectivity index (χ1) is 7.33. The first kappa shape index (κ1) is 12.8. The standard InChI is InChI=1S/C11H13FO3S/c1-8(2)11(13)7-16(14,15)10-5-3-4-9(12)6-10/h3-6,8H,7H2,1-2H3. The van der Waals surface area contributed by atoms with Crippen LogP contribution in [0, 0.1) is 11.7 Å². The van der Waals surface area contributed by atoms with Gasteiger partial charge in [-0.2, -0.15) is 0 Å². The summed E-state index contributed by atoms with van der Waals surface area (Å²) in [5.74, 6) is -1.92. The van der Waals surface area contributed by atoms with Crippen molar-refractivity contribution in [3.63, 3.8) is 0 Å². The van der Waals surface area contributed by atoms with E-state index in [1.54, 1.807) is 13.8 Å². The van der Waals surface area contributed by atoms with Crippen LogP contribution in [0.1, 0.15) is 13.8 Å². The van der Waals surface area contributed by atoms with E-state index in [4.69, 9.17) is 0 Å². The Balaban J connectivity index is 2.99. The zero-order valence-corrected chi connectivity index (χ0v) is 9.92. The van der Waals surface area contributed by atoms with Gasteiger partial charge in [0, 0.05) is 5.92 Å². The summed E-state index contributed by atoms with van der Waals surface area (Å²) in [4.78, 5) is 11.2. The molecule has 0 aliphatic heterocycles. The van der Waals surface area contributed by atoms with Gasteiger partial charge < -0.3 is 0 Å². The van der Waals surface area contributed by atoms with Crippen LogP contribution in [0.25, 0.3) is 0 Å². The monoisotopic (exact) mass is 244 g/mol. The molecule has 0 fully saturated rings. The number of sulfone groups is 1. The molecule has 0 unspecified atom stereocenters. The van der Waals surface area contributed by atoms with Crippen LogP contribution in [0.15, 0.2) is 29.2 Å². The van der Waals surface area contributed by atoms with Crippen molar-refractivity contribution in [3.8, 4) is 0 Å². The lowest BCUT2D eigenvalue weighted by molar-refractivity contribution is -0.119. The fourth-order valence-corrected chi connectivity index (χ4v) is 2.55. The Bertz CT molecular complexity index is 492. The molecule has 88 valence electrons. The van der Waals surface area contributed by atoms with Gasteiger partial charge in [-0.25, -0.2) is 12.8 Å².